The van der Waals surface area contributed by atoms with E-state index < -0.39 is 0 Å². The minimum Gasteiger partial charge on any atom is -0.457 e. The van der Waals surface area contributed by atoms with Crippen molar-refractivity contribution in [3.8, 4) is 40.1 Å². The summed E-state index contributed by atoms with van der Waals surface area (Å²) < 4.78 is 11.1. The minimum atomic E-state index is -0.00103. The second kappa shape index (κ2) is 13.5. The number of para-hydroxylation sites is 2. The molecule has 1 aliphatic heterocycles. The van der Waals surface area contributed by atoms with Crippen LogP contribution in [0.15, 0.2) is 170 Å². The molecule has 61 heavy (non-hydrogen) atoms. The van der Waals surface area contributed by atoms with E-state index in [2.05, 4.69) is 155 Å². The fourth-order valence-electron chi connectivity index (χ4n) is 12.3. The maximum atomic E-state index is 6.79. The van der Waals surface area contributed by atoms with E-state index in [4.69, 9.17) is 19.8 Å². The third kappa shape index (κ3) is 5.39. The molecule has 7 heteroatoms. The van der Waals surface area contributed by atoms with Crippen molar-refractivity contribution in [2.24, 2.45) is 23.7 Å². The van der Waals surface area contributed by atoms with Crippen molar-refractivity contribution >= 4 is 33.2 Å². The van der Waals surface area contributed by atoms with Crippen molar-refractivity contribution in [3.63, 3.8) is 0 Å². The maximum Gasteiger partial charge on any atom is 0.181 e. The molecule has 0 atom stereocenters. The lowest BCUT2D eigenvalue weighted by Gasteiger charge is -2.62. The Hall–Kier alpha value is -6.99. The van der Waals surface area contributed by atoms with Crippen LogP contribution in [0.3, 0.4) is 0 Å². The average Bonchev–Trinajstić information content (AvgIpc) is 3.89. The second-order valence-electron chi connectivity index (χ2n) is 17.8. The maximum absolute atomic E-state index is 6.79. The highest BCUT2D eigenvalue weighted by molar-refractivity contribution is 6.09. The van der Waals surface area contributed by atoms with Gasteiger partial charge >= 0.3 is 0 Å². The topological polar surface area (TPSA) is 61.0 Å². The zero-order valence-corrected chi connectivity index (χ0v) is 33.8. The fourth-order valence-corrected chi connectivity index (χ4v) is 12.3. The smallest absolute Gasteiger partial charge is 0.181 e. The van der Waals surface area contributed by atoms with E-state index in [0.717, 1.165) is 74.3 Å². The quantitative estimate of drug-likeness (QED) is 0.161. The zero-order valence-electron chi connectivity index (χ0n) is 33.8. The van der Waals surface area contributed by atoms with Gasteiger partial charge in [-0.15, -0.1) is 5.10 Å². The lowest BCUT2D eigenvalue weighted by atomic mass is 9.42. The third-order valence-corrected chi connectivity index (χ3v) is 14.6. The van der Waals surface area contributed by atoms with E-state index in [1.165, 1.54) is 54.0 Å². The summed E-state index contributed by atoms with van der Waals surface area (Å²) in [5.41, 5.74) is 9.27. The standard InChI is InChI=1S/C54H44N6O/c1-3-12-37(13-4-1)52-56-53-47-19-8-9-20-48(47)58(34-59(53)57-52)42-16-11-17-43(32-42)61-44-22-23-46-45-18-7-10-21-49(45)60(50(46)33-44)51-31-39(24-25-55-51)54(38-14-5-2-6-15-38)40-27-35-26-36(29-40)30-41(54)28-35/h1-25,31-33,35-36,40-41H,26-30,34H2. The Morgan fingerprint density at radius 3 is 2.13 bits per heavy atom. The predicted octanol–water partition coefficient (Wildman–Crippen LogP) is 12.7. The molecule has 14 rings (SSSR count). The number of aromatic nitrogens is 5. The van der Waals surface area contributed by atoms with Crippen molar-refractivity contribution in [2.45, 2.75) is 44.2 Å². The van der Waals surface area contributed by atoms with Crippen LogP contribution in [0.5, 0.6) is 11.5 Å². The molecule has 0 unspecified atom stereocenters. The number of hydrogen-bond acceptors (Lipinski definition) is 5. The average molecular weight is 793 g/mol. The van der Waals surface area contributed by atoms with Gasteiger partial charge < -0.3 is 9.64 Å². The van der Waals surface area contributed by atoms with Crippen LogP contribution < -0.4 is 9.64 Å². The predicted molar refractivity (Wildman–Crippen MR) is 242 cm³/mol. The lowest BCUT2D eigenvalue weighted by Crippen LogP contribution is -2.56. The van der Waals surface area contributed by atoms with Crippen LogP contribution in [0.25, 0.3) is 50.4 Å². The lowest BCUT2D eigenvalue weighted by molar-refractivity contribution is -0.0418. The highest BCUT2D eigenvalue weighted by Crippen LogP contribution is 2.65. The van der Waals surface area contributed by atoms with Crippen molar-refractivity contribution in [1.82, 2.24) is 24.3 Å². The Kier molecular flexibility index (Phi) is 7.72. The van der Waals surface area contributed by atoms with Crippen LogP contribution in [0, 0.1) is 23.7 Å². The van der Waals surface area contributed by atoms with Crippen molar-refractivity contribution in [2.75, 3.05) is 4.90 Å². The fraction of sp³-hybridized carbons (Fsp3) is 0.204. The van der Waals surface area contributed by atoms with Crippen LogP contribution in [0.1, 0.15) is 43.2 Å². The number of ether oxygens (including phenoxy) is 1. The molecule has 296 valence electrons. The van der Waals surface area contributed by atoms with Crippen LogP contribution in [-0.2, 0) is 12.1 Å². The van der Waals surface area contributed by atoms with Gasteiger partial charge in [-0.05, 0) is 121 Å². The molecule has 4 fully saturated rings. The van der Waals surface area contributed by atoms with Crippen LogP contribution in [0.4, 0.5) is 11.4 Å². The summed E-state index contributed by atoms with van der Waals surface area (Å²) in [5, 5.41) is 7.35. The van der Waals surface area contributed by atoms with Crippen LogP contribution in [0.2, 0.25) is 0 Å². The van der Waals surface area contributed by atoms with E-state index >= 15 is 0 Å². The minimum absolute atomic E-state index is 0.00103. The second-order valence-corrected chi connectivity index (χ2v) is 17.8. The Morgan fingerprint density at radius 2 is 1.30 bits per heavy atom. The molecule has 9 aromatic rings. The third-order valence-electron chi connectivity index (χ3n) is 14.6. The van der Waals surface area contributed by atoms with Gasteiger partial charge in [-0.3, -0.25) is 4.57 Å². The molecule has 4 aliphatic carbocycles. The van der Waals surface area contributed by atoms with Crippen molar-refractivity contribution in [3.05, 3.63) is 181 Å². The van der Waals surface area contributed by atoms with Gasteiger partial charge in [0.2, 0.25) is 0 Å². The number of hydrogen-bond donors (Lipinski definition) is 0. The first-order chi connectivity index (χ1) is 30.2. The van der Waals surface area contributed by atoms with Gasteiger partial charge in [-0.1, -0.05) is 97.1 Å². The Morgan fingerprint density at radius 1 is 0.574 bits per heavy atom. The first kappa shape index (κ1) is 34.8. The highest BCUT2D eigenvalue weighted by Gasteiger charge is 2.58. The number of fused-ring (bicyclic) bond motifs is 6. The summed E-state index contributed by atoms with van der Waals surface area (Å²) in [5.74, 6) is 7.15. The largest absolute Gasteiger partial charge is 0.457 e. The van der Waals surface area contributed by atoms with E-state index in [1.807, 2.05) is 28.9 Å². The summed E-state index contributed by atoms with van der Waals surface area (Å²) >= 11 is 0. The molecule has 4 saturated carbocycles. The van der Waals surface area contributed by atoms with E-state index in [0.29, 0.717) is 18.5 Å². The molecule has 4 bridgehead atoms. The molecule has 7 nitrogen and oxygen atoms in total. The highest BCUT2D eigenvalue weighted by atomic mass is 16.5. The number of pyridine rings is 1. The van der Waals surface area contributed by atoms with E-state index in [9.17, 15) is 0 Å². The zero-order chi connectivity index (χ0) is 40.1. The molecule has 6 aromatic carbocycles. The first-order valence-corrected chi connectivity index (χ1v) is 21.9. The summed E-state index contributed by atoms with van der Waals surface area (Å²) in [6.07, 6.45) is 8.82. The first-order valence-electron chi connectivity index (χ1n) is 21.9. The molecular weight excluding hydrogens is 749 g/mol. The summed E-state index contributed by atoms with van der Waals surface area (Å²) in [6, 6.07) is 58.4. The Labute approximate surface area is 354 Å². The van der Waals surface area contributed by atoms with Gasteiger partial charge in [0.15, 0.2) is 11.6 Å². The molecule has 5 aliphatic rings. The molecule has 0 amide bonds. The van der Waals surface area contributed by atoms with Gasteiger partial charge in [-0.25, -0.2) is 14.6 Å². The SMILES string of the molecule is c1ccc(-c2nc3n(n2)CN(c2cccc(Oc4ccc5c6ccccc6n(-c6cc(C7(c8ccccc8)C8CC9CC(C8)CC7C9)ccn6)c5c4)c2)c2ccccc2-3)cc1. The summed E-state index contributed by atoms with van der Waals surface area (Å²) in [4.78, 5) is 12.4. The van der Waals surface area contributed by atoms with Crippen molar-refractivity contribution < 1.29 is 4.74 Å². The molecule has 4 heterocycles. The molecule has 0 N–H and O–H groups in total. The summed E-state index contributed by atoms with van der Waals surface area (Å²) in [7, 11) is 0. The van der Waals surface area contributed by atoms with E-state index in [-0.39, 0.29) is 5.41 Å². The van der Waals surface area contributed by atoms with Gasteiger partial charge in [-0.2, -0.15) is 0 Å². The number of rotatable bonds is 7. The Balaban J connectivity index is 0.878. The molecule has 3 aromatic heterocycles. The van der Waals surface area contributed by atoms with Gasteiger partial charge in [0.05, 0.1) is 16.7 Å². The van der Waals surface area contributed by atoms with Crippen molar-refractivity contribution in [1.29, 1.82) is 0 Å². The summed E-state index contributed by atoms with van der Waals surface area (Å²) in [6.45, 7) is 0.530. The van der Waals surface area contributed by atoms with Gasteiger partial charge in [0, 0.05) is 51.3 Å². The number of anilines is 2. The molecular formula is C54H44N6O. The monoisotopic (exact) mass is 792 g/mol. The normalized spacial score (nSPS) is 22.4. The van der Waals surface area contributed by atoms with Gasteiger partial charge in [0.25, 0.3) is 0 Å². The van der Waals surface area contributed by atoms with Gasteiger partial charge in [0.1, 0.15) is 24.0 Å². The molecule has 0 saturated heterocycles. The van der Waals surface area contributed by atoms with Crippen LogP contribution >= 0.6 is 0 Å². The number of nitrogens with zero attached hydrogens (tertiary/aromatic N) is 6. The van der Waals surface area contributed by atoms with Crippen LogP contribution in [-0.4, -0.2) is 24.3 Å². The Bertz CT molecular complexity index is 3100. The molecule has 0 radical (unpaired) electrons. The number of benzene rings is 6. The van der Waals surface area contributed by atoms with E-state index in [1.54, 1.807) is 0 Å². The molecule has 0 spiro atoms.